The number of carbonyl (C=O) groups excluding carboxylic acids is 2. The minimum Gasteiger partial charge on any atom is -0.489 e. The molecule has 33 heavy (non-hydrogen) atoms. The molecular weight excluding hydrogens is 412 g/mol. The van der Waals surface area contributed by atoms with Crippen LogP contribution in [0.15, 0.2) is 60.2 Å². The first-order valence-electron chi connectivity index (χ1n) is 11.6. The van der Waals surface area contributed by atoms with Crippen LogP contribution in [-0.2, 0) is 16.2 Å². The number of amides is 1. The summed E-state index contributed by atoms with van der Waals surface area (Å²) in [6, 6.07) is 13.3. The van der Waals surface area contributed by atoms with Gasteiger partial charge in [0.25, 0.3) is 5.91 Å². The summed E-state index contributed by atoms with van der Waals surface area (Å²) >= 11 is 0. The van der Waals surface area contributed by atoms with Gasteiger partial charge in [0.2, 0.25) is 0 Å². The lowest BCUT2D eigenvalue weighted by Gasteiger charge is -2.23. The number of ether oxygens (including phenoxy) is 1. The number of benzene rings is 2. The molecule has 5 heteroatoms. The van der Waals surface area contributed by atoms with Gasteiger partial charge in [-0.15, -0.1) is 0 Å². The second-order valence-electron chi connectivity index (χ2n) is 8.08. The summed E-state index contributed by atoms with van der Waals surface area (Å²) in [4.78, 5) is 27.6. The van der Waals surface area contributed by atoms with Crippen LogP contribution in [0.2, 0.25) is 0 Å². The molecule has 2 aromatic rings. The van der Waals surface area contributed by atoms with Crippen molar-refractivity contribution >= 4 is 23.0 Å². The standard InChI is InChI=1S/C28H36N2O3/c1-6-10-23(21(5)31)17-27(28(32)30(8-3)15-7-2)26-18-25(14-13-20(26)4)33-19-22-11-9-12-24(29)16-22/h9-14,16-18H,6-8,15,19,29H2,1-5H3/b23-10-,27-17+. The molecular formula is C28H36N2O3. The Morgan fingerprint density at radius 1 is 1.09 bits per heavy atom. The number of rotatable bonds is 11. The molecule has 2 rings (SSSR count). The van der Waals surface area contributed by atoms with Gasteiger partial charge in [-0.1, -0.05) is 38.1 Å². The number of likely N-dealkylation sites (N-methyl/N-ethyl adjacent to an activating group) is 1. The van der Waals surface area contributed by atoms with Crippen LogP contribution in [-0.4, -0.2) is 29.7 Å². The Morgan fingerprint density at radius 3 is 2.45 bits per heavy atom. The van der Waals surface area contributed by atoms with Crippen LogP contribution < -0.4 is 10.5 Å². The maximum atomic E-state index is 13.6. The van der Waals surface area contributed by atoms with Crippen LogP contribution in [0.3, 0.4) is 0 Å². The SMILES string of the molecule is CC/C=C(/C=C(/C(=O)N(CC)CCC)c1cc(OCc2cccc(N)c2)ccc1C)C(C)=O. The number of ketones is 1. The van der Waals surface area contributed by atoms with Crippen LogP contribution in [0.25, 0.3) is 5.57 Å². The lowest BCUT2D eigenvalue weighted by molar-refractivity contribution is -0.124. The van der Waals surface area contributed by atoms with Crippen LogP contribution in [0.5, 0.6) is 5.75 Å². The van der Waals surface area contributed by atoms with Crippen molar-refractivity contribution in [2.75, 3.05) is 18.8 Å². The van der Waals surface area contributed by atoms with Gasteiger partial charge in [0, 0.05) is 29.9 Å². The molecule has 0 fully saturated rings. The summed E-state index contributed by atoms with van der Waals surface area (Å²) in [5, 5.41) is 0. The number of nitrogens with zero attached hydrogens (tertiary/aromatic N) is 1. The third-order valence-corrected chi connectivity index (χ3v) is 5.38. The predicted octanol–water partition coefficient (Wildman–Crippen LogP) is 5.72. The van der Waals surface area contributed by atoms with Crippen molar-refractivity contribution in [3.05, 3.63) is 76.9 Å². The highest BCUT2D eigenvalue weighted by Gasteiger charge is 2.21. The lowest BCUT2D eigenvalue weighted by Crippen LogP contribution is -2.32. The van der Waals surface area contributed by atoms with E-state index in [-0.39, 0.29) is 11.7 Å². The highest BCUT2D eigenvalue weighted by molar-refractivity contribution is 6.21. The normalized spacial score (nSPS) is 11.9. The average molecular weight is 449 g/mol. The van der Waals surface area contributed by atoms with Crippen LogP contribution >= 0.6 is 0 Å². The van der Waals surface area contributed by atoms with Gasteiger partial charge >= 0.3 is 0 Å². The molecule has 0 aliphatic carbocycles. The molecule has 2 N–H and O–H groups in total. The van der Waals surface area contributed by atoms with E-state index in [1.54, 1.807) is 6.08 Å². The largest absolute Gasteiger partial charge is 0.489 e. The molecule has 0 saturated heterocycles. The zero-order chi connectivity index (χ0) is 24.4. The summed E-state index contributed by atoms with van der Waals surface area (Å²) in [7, 11) is 0. The van der Waals surface area contributed by atoms with E-state index in [9.17, 15) is 9.59 Å². The van der Waals surface area contributed by atoms with E-state index < -0.39 is 0 Å². The van der Waals surface area contributed by atoms with E-state index in [0.29, 0.717) is 48.7 Å². The second-order valence-corrected chi connectivity index (χ2v) is 8.08. The Morgan fingerprint density at radius 2 is 1.85 bits per heavy atom. The molecule has 0 atom stereocenters. The Bertz CT molecular complexity index is 1040. The van der Waals surface area contributed by atoms with Gasteiger partial charge in [-0.25, -0.2) is 0 Å². The van der Waals surface area contributed by atoms with Crippen molar-refractivity contribution < 1.29 is 14.3 Å². The van der Waals surface area contributed by atoms with E-state index in [1.165, 1.54) is 6.92 Å². The fraction of sp³-hybridized carbons (Fsp3) is 0.357. The minimum atomic E-state index is -0.0846. The summed E-state index contributed by atoms with van der Waals surface area (Å²) < 4.78 is 6.02. The Hall–Kier alpha value is -3.34. The van der Waals surface area contributed by atoms with Gasteiger partial charge in [0.05, 0.1) is 0 Å². The predicted molar refractivity (Wildman–Crippen MR) is 136 cm³/mol. The fourth-order valence-corrected chi connectivity index (χ4v) is 3.61. The number of nitrogen functional groups attached to an aromatic ring is 1. The molecule has 0 radical (unpaired) electrons. The van der Waals surface area contributed by atoms with Crippen LogP contribution in [0.1, 0.15) is 57.2 Å². The summed E-state index contributed by atoms with van der Waals surface area (Å²) in [5.74, 6) is 0.505. The number of anilines is 1. The Balaban J connectivity index is 2.50. The number of carbonyl (C=O) groups is 2. The summed E-state index contributed by atoms with van der Waals surface area (Å²) in [6.07, 6.45) is 5.17. The first-order chi connectivity index (χ1) is 15.8. The van der Waals surface area contributed by atoms with E-state index in [0.717, 1.165) is 23.1 Å². The quantitative estimate of drug-likeness (QED) is 0.271. The van der Waals surface area contributed by atoms with E-state index >= 15 is 0 Å². The Kier molecular flexibility index (Phi) is 9.92. The summed E-state index contributed by atoms with van der Waals surface area (Å²) in [6.45, 7) is 11.1. The fourth-order valence-electron chi connectivity index (χ4n) is 3.61. The van der Waals surface area contributed by atoms with Crippen LogP contribution in [0.4, 0.5) is 5.69 Å². The molecule has 0 aliphatic rings. The first-order valence-corrected chi connectivity index (χ1v) is 11.6. The highest BCUT2D eigenvalue weighted by Crippen LogP contribution is 2.28. The molecule has 2 aromatic carbocycles. The molecule has 0 spiro atoms. The lowest BCUT2D eigenvalue weighted by atomic mass is 9.95. The monoisotopic (exact) mass is 448 g/mol. The van der Waals surface area contributed by atoms with Crippen molar-refractivity contribution in [2.45, 2.75) is 54.1 Å². The third-order valence-electron chi connectivity index (χ3n) is 5.38. The van der Waals surface area contributed by atoms with Crippen molar-refractivity contribution in [1.82, 2.24) is 4.90 Å². The number of nitrogens with two attached hydrogens (primary N) is 1. The van der Waals surface area contributed by atoms with Crippen molar-refractivity contribution in [1.29, 1.82) is 0 Å². The van der Waals surface area contributed by atoms with Crippen molar-refractivity contribution in [3.63, 3.8) is 0 Å². The molecule has 0 unspecified atom stereocenters. The molecule has 1 amide bonds. The zero-order valence-corrected chi connectivity index (χ0v) is 20.5. The maximum absolute atomic E-state index is 13.6. The van der Waals surface area contributed by atoms with E-state index in [4.69, 9.17) is 10.5 Å². The van der Waals surface area contributed by atoms with Gasteiger partial charge in [0.15, 0.2) is 5.78 Å². The molecule has 0 heterocycles. The van der Waals surface area contributed by atoms with Crippen molar-refractivity contribution in [3.8, 4) is 5.75 Å². The number of allylic oxidation sites excluding steroid dienone is 3. The van der Waals surface area contributed by atoms with Gasteiger partial charge < -0.3 is 15.4 Å². The van der Waals surface area contributed by atoms with Gasteiger partial charge in [-0.05, 0) is 80.6 Å². The first kappa shape index (κ1) is 25.9. The highest BCUT2D eigenvalue weighted by atomic mass is 16.5. The molecule has 0 aromatic heterocycles. The van der Waals surface area contributed by atoms with Crippen molar-refractivity contribution in [2.24, 2.45) is 0 Å². The number of hydrogen-bond acceptors (Lipinski definition) is 4. The molecule has 0 bridgehead atoms. The molecule has 5 nitrogen and oxygen atoms in total. The van der Waals surface area contributed by atoms with Gasteiger partial charge in [-0.3, -0.25) is 9.59 Å². The maximum Gasteiger partial charge on any atom is 0.254 e. The number of hydrogen-bond donors (Lipinski definition) is 1. The third kappa shape index (κ3) is 7.35. The number of aryl methyl sites for hydroxylation is 1. The van der Waals surface area contributed by atoms with E-state index in [1.807, 2.05) is 81.1 Å². The second kappa shape index (κ2) is 12.6. The molecule has 176 valence electrons. The number of Topliss-reactive ketones (excluding diaryl/α,β-unsaturated/α-hetero) is 1. The average Bonchev–Trinajstić information content (AvgIpc) is 2.79. The van der Waals surface area contributed by atoms with E-state index in [2.05, 4.69) is 0 Å². The molecule has 0 aliphatic heterocycles. The smallest absolute Gasteiger partial charge is 0.254 e. The zero-order valence-electron chi connectivity index (χ0n) is 20.5. The van der Waals surface area contributed by atoms with Crippen LogP contribution in [0, 0.1) is 6.92 Å². The molecule has 0 saturated carbocycles. The minimum absolute atomic E-state index is 0.0626. The Labute approximate surface area is 197 Å². The van der Waals surface area contributed by atoms with Gasteiger partial charge in [0.1, 0.15) is 12.4 Å². The summed E-state index contributed by atoms with van der Waals surface area (Å²) in [5.41, 5.74) is 10.3. The topological polar surface area (TPSA) is 72.6 Å². The van der Waals surface area contributed by atoms with Gasteiger partial charge in [-0.2, -0.15) is 0 Å².